The van der Waals surface area contributed by atoms with E-state index in [2.05, 4.69) is 10.3 Å². The lowest BCUT2D eigenvalue weighted by Gasteiger charge is -2.04. The summed E-state index contributed by atoms with van der Waals surface area (Å²) < 4.78 is 0. The lowest BCUT2D eigenvalue weighted by molar-refractivity contribution is -0.113. The summed E-state index contributed by atoms with van der Waals surface area (Å²) in [7, 11) is 0. The molecule has 3 nitrogen and oxygen atoms in total. The van der Waals surface area contributed by atoms with E-state index in [1.54, 1.807) is 6.20 Å². The van der Waals surface area contributed by atoms with Crippen LogP contribution in [0, 0.1) is 0 Å². The largest absolute Gasteiger partial charge is 0.325 e. The molecule has 2 rings (SSSR count). The standard InChI is InChI=1S/C13H12N2OS/c16-12(15-11-6-2-1-3-7-11)10-17-13-8-4-5-9-14-13/h1-9H,10H2,(H,15,16). The van der Waals surface area contributed by atoms with Gasteiger partial charge in [0.05, 0.1) is 10.8 Å². The van der Waals surface area contributed by atoms with Gasteiger partial charge < -0.3 is 5.32 Å². The number of aromatic nitrogens is 1. The van der Waals surface area contributed by atoms with Crippen molar-refractivity contribution in [1.82, 2.24) is 4.98 Å². The van der Waals surface area contributed by atoms with E-state index in [1.165, 1.54) is 11.8 Å². The summed E-state index contributed by atoms with van der Waals surface area (Å²) in [6, 6.07) is 15.1. The lowest BCUT2D eigenvalue weighted by atomic mass is 10.3. The van der Waals surface area contributed by atoms with E-state index in [4.69, 9.17) is 0 Å². The van der Waals surface area contributed by atoms with Crippen molar-refractivity contribution >= 4 is 23.4 Å². The first-order valence-corrected chi connectivity index (χ1v) is 6.22. The van der Waals surface area contributed by atoms with Gasteiger partial charge in [-0.1, -0.05) is 36.0 Å². The second kappa shape index (κ2) is 6.06. The van der Waals surface area contributed by atoms with Gasteiger partial charge in [0.15, 0.2) is 0 Å². The SMILES string of the molecule is O=C(CSc1ccccn1)Nc1ccccc1. The molecule has 0 bridgehead atoms. The van der Waals surface area contributed by atoms with Crippen molar-refractivity contribution in [2.45, 2.75) is 5.03 Å². The second-order valence-corrected chi connectivity index (χ2v) is 4.37. The molecule has 0 aliphatic heterocycles. The summed E-state index contributed by atoms with van der Waals surface area (Å²) in [6.07, 6.45) is 1.72. The number of benzene rings is 1. The highest BCUT2D eigenvalue weighted by Crippen LogP contribution is 2.14. The van der Waals surface area contributed by atoms with Crippen molar-refractivity contribution in [3.63, 3.8) is 0 Å². The lowest BCUT2D eigenvalue weighted by Crippen LogP contribution is -2.13. The normalized spacial score (nSPS) is 9.88. The zero-order valence-electron chi connectivity index (χ0n) is 9.17. The summed E-state index contributed by atoms with van der Waals surface area (Å²) >= 11 is 1.42. The molecule has 0 atom stereocenters. The Kier molecular flexibility index (Phi) is 4.16. The summed E-state index contributed by atoms with van der Waals surface area (Å²) in [4.78, 5) is 15.8. The smallest absolute Gasteiger partial charge is 0.234 e. The topological polar surface area (TPSA) is 42.0 Å². The molecule has 0 radical (unpaired) electrons. The number of rotatable bonds is 4. The first-order valence-electron chi connectivity index (χ1n) is 5.23. The van der Waals surface area contributed by atoms with Crippen molar-refractivity contribution < 1.29 is 4.79 Å². The molecule has 1 amide bonds. The molecule has 0 unspecified atom stereocenters. The van der Waals surface area contributed by atoms with Crippen LogP contribution < -0.4 is 5.32 Å². The Labute approximate surface area is 104 Å². The van der Waals surface area contributed by atoms with Gasteiger partial charge in [-0.2, -0.15) is 0 Å². The number of thioether (sulfide) groups is 1. The molecule has 0 aliphatic rings. The Balaban J connectivity index is 1.83. The van der Waals surface area contributed by atoms with Gasteiger partial charge in [0.2, 0.25) is 5.91 Å². The minimum absolute atomic E-state index is 0.0214. The van der Waals surface area contributed by atoms with Crippen molar-refractivity contribution in [2.24, 2.45) is 0 Å². The van der Waals surface area contributed by atoms with Crippen LogP contribution in [0.3, 0.4) is 0 Å². The number of carbonyl (C=O) groups is 1. The van der Waals surface area contributed by atoms with E-state index in [1.807, 2.05) is 48.5 Å². The first kappa shape index (κ1) is 11.7. The summed E-state index contributed by atoms with van der Waals surface area (Å²) in [5.74, 6) is 0.346. The second-order valence-electron chi connectivity index (χ2n) is 3.37. The Morgan fingerprint density at radius 2 is 1.88 bits per heavy atom. The maximum Gasteiger partial charge on any atom is 0.234 e. The van der Waals surface area contributed by atoms with Gasteiger partial charge in [-0.25, -0.2) is 4.98 Å². The molecule has 1 N–H and O–H groups in total. The molecule has 4 heteroatoms. The van der Waals surface area contributed by atoms with Crippen molar-refractivity contribution in [1.29, 1.82) is 0 Å². The van der Waals surface area contributed by atoms with Crippen molar-refractivity contribution in [3.05, 3.63) is 54.7 Å². The summed E-state index contributed by atoms with van der Waals surface area (Å²) in [6.45, 7) is 0. The van der Waals surface area contributed by atoms with Crippen LogP contribution in [0.15, 0.2) is 59.8 Å². The van der Waals surface area contributed by atoms with E-state index in [0.717, 1.165) is 10.7 Å². The molecule has 86 valence electrons. The third kappa shape index (κ3) is 3.92. The van der Waals surface area contributed by atoms with Crippen LogP contribution in [0.4, 0.5) is 5.69 Å². The molecular weight excluding hydrogens is 232 g/mol. The van der Waals surface area contributed by atoms with E-state index in [9.17, 15) is 4.79 Å². The zero-order chi connectivity index (χ0) is 11.9. The highest BCUT2D eigenvalue weighted by Gasteiger charge is 2.03. The molecule has 2 aromatic rings. The van der Waals surface area contributed by atoms with Crippen LogP contribution in [0.2, 0.25) is 0 Å². The van der Waals surface area contributed by atoms with Crippen LogP contribution in [-0.4, -0.2) is 16.6 Å². The Hall–Kier alpha value is -1.81. The number of nitrogens with one attached hydrogen (secondary N) is 1. The van der Waals surface area contributed by atoms with Gasteiger partial charge in [0, 0.05) is 11.9 Å². The fourth-order valence-electron chi connectivity index (χ4n) is 1.29. The number of hydrogen-bond acceptors (Lipinski definition) is 3. The third-order valence-electron chi connectivity index (χ3n) is 2.05. The number of pyridine rings is 1. The maximum absolute atomic E-state index is 11.6. The third-order valence-corrected chi connectivity index (χ3v) is 2.99. The van der Waals surface area contributed by atoms with E-state index >= 15 is 0 Å². The van der Waals surface area contributed by atoms with Gasteiger partial charge >= 0.3 is 0 Å². The molecule has 0 spiro atoms. The first-order chi connectivity index (χ1) is 8.34. The predicted molar refractivity (Wildman–Crippen MR) is 70.0 cm³/mol. The zero-order valence-corrected chi connectivity index (χ0v) is 9.98. The van der Waals surface area contributed by atoms with Crippen LogP contribution in [0.1, 0.15) is 0 Å². The van der Waals surface area contributed by atoms with Gasteiger partial charge in [0.25, 0.3) is 0 Å². The number of carbonyl (C=O) groups excluding carboxylic acids is 1. The summed E-state index contributed by atoms with van der Waals surface area (Å²) in [5.41, 5.74) is 0.819. The number of nitrogens with zero attached hydrogens (tertiary/aromatic N) is 1. The molecule has 0 saturated carbocycles. The fraction of sp³-hybridized carbons (Fsp3) is 0.0769. The molecule has 1 aromatic carbocycles. The Morgan fingerprint density at radius 3 is 2.59 bits per heavy atom. The fourth-order valence-corrected chi connectivity index (χ4v) is 1.95. The van der Waals surface area contributed by atoms with Crippen LogP contribution in [0.5, 0.6) is 0 Å². The molecule has 0 aliphatic carbocycles. The van der Waals surface area contributed by atoms with Crippen LogP contribution in [-0.2, 0) is 4.79 Å². The molecule has 17 heavy (non-hydrogen) atoms. The molecule has 1 aromatic heterocycles. The number of para-hydroxylation sites is 1. The van der Waals surface area contributed by atoms with Gasteiger partial charge in [-0.15, -0.1) is 0 Å². The summed E-state index contributed by atoms with van der Waals surface area (Å²) in [5, 5.41) is 3.68. The van der Waals surface area contributed by atoms with E-state index < -0.39 is 0 Å². The minimum atomic E-state index is -0.0214. The number of amides is 1. The highest BCUT2D eigenvalue weighted by atomic mass is 32.2. The van der Waals surface area contributed by atoms with E-state index in [0.29, 0.717) is 5.75 Å². The molecule has 1 heterocycles. The quantitative estimate of drug-likeness (QED) is 0.841. The monoisotopic (exact) mass is 244 g/mol. The van der Waals surface area contributed by atoms with Gasteiger partial charge in [0.1, 0.15) is 0 Å². The Bertz CT molecular complexity index is 473. The van der Waals surface area contributed by atoms with Crippen LogP contribution in [0.25, 0.3) is 0 Å². The van der Waals surface area contributed by atoms with Crippen molar-refractivity contribution in [3.8, 4) is 0 Å². The minimum Gasteiger partial charge on any atom is -0.325 e. The average Bonchev–Trinajstić information content (AvgIpc) is 2.39. The molecular formula is C13H12N2OS. The molecule has 0 fully saturated rings. The highest BCUT2D eigenvalue weighted by molar-refractivity contribution is 7.99. The Morgan fingerprint density at radius 1 is 1.12 bits per heavy atom. The van der Waals surface area contributed by atoms with Crippen molar-refractivity contribution in [2.75, 3.05) is 11.1 Å². The van der Waals surface area contributed by atoms with Crippen LogP contribution >= 0.6 is 11.8 Å². The molecule has 0 saturated heterocycles. The average molecular weight is 244 g/mol. The van der Waals surface area contributed by atoms with Gasteiger partial charge in [-0.3, -0.25) is 4.79 Å². The van der Waals surface area contributed by atoms with Gasteiger partial charge in [-0.05, 0) is 24.3 Å². The number of anilines is 1. The predicted octanol–water partition coefficient (Wildman–Crippen LogP) is 2.81. The maximum atomic E-state index is 11.6. The number of hydrogen-bond donors (Lipinski definition) is 1. The van der Waals surface area contributed by atoms with E-state index in [-0.39, 0.29) is 5.91 Å².